The summed E-state index contributed by atoms with van der Waals surface area (Å²) in [5.74, 6) is 0. The molecule has 2 aromatic carbocycles. The summed E-state index contributed by atoms with van der Waals surface area (Å²) in [6, 6.07) is 14.9. The second-order valence-corrected chi connectivity index (χ2v) is 8.61. The van der Waals surface area contributed by atoms with Crippen LogP contribution in [0.4, 0.5) is 5.69 Å². The van der Waals surface area contributed by atoms with Crippen molar-refractivity contribution in [3.05, 3.63) is 59.7 Å². The SMILES string of the molecule is Cc1ccc(N[C@@H]2CCCC[C@@H]2NS(=O)(=O)c2ccccc2)c(C)c1. The molecule has 0 amide bonds. The molecule has 0 bridgehead atoms. The Bertz CT molecular complexity index is 819. The molecule has 4 nitrogen and oxygen atoms in total. The van der Waals surface area contributed by atoms with Crippen LogP contribution in [0.3, 0.4) is 0 Å². The zero-order valence-corrected chi connectivity index (χ0v) is 15.6. The van der Waals surface area contributed by atoms with Crippen molar-refractivity contribution in [2.24, 2.45) is 0 Å². The van der Waals surface area contributed by atoms with Crippen LogP contribution in [0.25, 0.3) is 0 Å². The lowest BCUT2D eigenvalue weighted by Crippen LogP contribution is -2.48. The lowest BCUT2D eigenvalue weighted by atomic mass is 9.90. The number of anilines is 1. The fraction of sp³-hybridized carbons (Fsp3) is 0.400. The van der Waals surface area contributed by atoms with Crippen LogP contribution in [0.5, 0.6) is 0 Å². The molecule has 1 aliphatic carbocycles. The maximum atomic E-state index is 12.7. The lowest BCUT2D eigenvalue weighted by Gasteiger charge is -2.33. The van der Waals surface area contributed by atoms with E-state index in [1.165, 1.54) is 11.1 Å². The monoisotopic (exact) mass is 358 g/mol. The van der Waals surface area contributed by atoms with Gasteiger partial charge in [-0.1, -0.05) is 48.7 Å². The van der Waals surface area contributed by atoms with Gasteiger partial charge in [0.25, 0.3) is 0 Å². The predicted octanol–water partition coefficient (Wildman–Crippen LogP) is 4.01. The third-order valence-electron chi connectivity index (χ3n) is 4.85. The van der Waals surface area contributed by atoms with Gasteiger partial charge in [0.1, 0.15) is 0 Å². The van der Waals surface area contributed by atoms with Crippen molar-refractivity contribution in [3.63, 3.8) is 0 Å². The Hall–Kier alpha value is -1.85. The van der Waals surface area contributed by atoms with E-state index in [1.54, 1.807) is 24.3 Å². The zero-order chi connectivity index (χ0) is 17.9. The third-order valence-corrected chi connectivity index (χ3v) is 6.35. The van der Waals surface area contributed by atoms with E-state index in [9.17, 15) is 8.42 Å². The first-order chi connectivity index (χ1) is 12.0. The molecular weight excluding hydrogens is 332 g/mol. The van der Waals surface area contributed by atoms with Gasteiger partial charge in [0.2, 0.25) is 10.0 Å². The summed E-state index contributed by atoms with van der Waals surface area (Å²) >= 11 is 0. The van der Waals surface area contributed by atoms with E-state index in [0.717, 1.165) is 31.4 Å². The minimum Gasteiger partial charge on any atom is -0.380 e. The molecule has 2 aromatic rings. The van der Waals surface area contributed by atoms with Crippen LogP contribution >= 0.6 is 0 Å². The molecule has 0 aromatic heterocycles. The molecule has 0 spiro atoms. The normalized spacial score (nSPS) is 21.0. The molecule has 1 fully saturated rings. The molecule has 0 saturated heterocycles. The van der Waals surface area contributed by atoms with Crippen LogP contribution in [0, 0.1) is 13.8 Å². The van der Waals surface area contributed by atoms with E-state index in [0.29, 0.717) is 4.90 Å². The van der Waals surface area contributed by atoms with Crippen LogP contribution in [0.15, 0.2) is 53.4 Å². The van der Waals surface area contributed by atoms with Crippen molar-refractivity contribution in [2.75, 3.05) is 5.32 Å². The van der Waals surface area contributed by atoms with Gasteiger partial charge in [-0.05, 0) is 50.5 Å². The number of hydrogen-bond donors (Lipinski definition) is 2. The van der Waals surface area contributed by atoms with E-state index in [-0.39, 0.29) is 12.1 Å². The second kappa shape index (κ2) is 7.58. The van der Waals surface area contributed by atoms with Crippen molar-refractivity contribution in [3.8, 4) is 0 Å². The number of sulfonamides is 1. The van der Waals surface area contributed by atoms with Gasteiger partial charge in [0.15, 0.2) is 0 Å². The summed E-state index contributed by atoms with van der Waals surface area (Å²) < 4.78 is 28.3. The third kappa shape index (κ3) is 4.41. The van der Waals surface area contributed by atoms with E-state index in [4.69, 9.17) is 0 Å². The van der Waals surface area contributed by atoms with Crippen molar-refractivity contribution in [1.82, 2.24) is 4.72 Å². The maximum absolute atomic E-state index is 12.7. The first-order valence-electron chi connectivity index (χ1n) is 8.87. The van der Waals surface area contributed by atoms with Crippen LogP contribution in [-0.2, 0) is 10.0 Å². The highest BCUT2D eigenvalue weighted by Gasteiger charge is 2.29. The molecule has 0 aliphatic heterocycles. The molecule has 0 heterocycles. The highest BCUT2D eigenvalue weighted by Crippen LogP contribution is 2.26. The topological polar surface area (TPSA) is 58.2 Å². The van der Waals surface area contributed by atoms with Crippen molar-refractivity contribution in [1.29, 1.82) is 0 Å². The fourth-order valence-corrected chi connectivity index (χ4v) is 4.82. The largest absolute Gasteiger partial charge is 0.380 e. The quantitative estimate of drug-likeness (QED) is 0.849. The lowest BCUT2D eigenvalue weighted by molar-refractivity contribution is 0.378. The fourth-order valence-electron chi connectivity index (χ4n) is 3.49. The van der Waals surface area contributed by atoms with E-state index in [2.05, 4.69) is 42.1 Å². The van der Waals surface area contributed by atoms with Crippen LogP contribution < -0.4 is 10.0 Å². The number of hydrogen-bond acceptors (Lipinski definition) is 3. The predicted molar refractivity (Wildman–Crippen MR) is 102 cm³/mol. The highest BCUT2D eigenvalue weighted by molar-refractivity contribution is 7.89. The van der Waals surface area contributed by atoms with Gasteiger partial charge in [-0.25, -0.2) is 13.1 Å². The Labute approximate surface area is 150 Å². The Morgan fingerprint density at radius 1 is 0.920 bits per heavy atom. The summed E-state index contributed by atoms with van der Waals surface area (Å²) in [5.41, 5.74) is 3.50. The Morgan fingerprint density at radius 2 is 1.60 bits per heavy atom. The summed E-state index contributed by atoms with van der Waals surface area (Å²) in [4.78, 5) is 0.325. The molecule has 1 aliphatic rings. The highest BCUT2D eigenvalue weighted by atomic mass is 32.2. The van der Waals surface area contributed by atoms with Gasteiger partial charge < -0.3 is 5.32 Å². The van der Waals surface area contributed by atoms with Crippen LogP contribution in [0.2, 0.25) is 0 Å². The van der Waals surface area contributed by atoms with Crippen molar-refractivity contribution >= 4 is 15.7 Å². The Kier molecular flexibility index (Phi) is 5.45. The van der Waals surface area contributed by atoms with Crippen molar-refractivity contribution < 1.29 is 8.42 Å². The molecule has 25 heavy (non-hydrogen) atoms. The van der Waals surface area contributed by atoms with Gasteiger partial charge in [0.05, 0.1) is 4.90 Å². The molecule has 0 unspecified atom stereocenters. The van der Waals surface area contributed by atoms with Gasteiger partial charge in [-0.15, -0.1) is 0 Å². The molecular formula is C20H26N2O2S. The zero-order valence-electron chi connectivity index (χ0n) is 14.8. The summed E-state index contributed by atoms with van der Waals surface area (Å²) in [6.45, 7) is 4.16. The van der Waals surface area contributed by atoms with Gasteiger partial charge in [-0.2, -0.15) is 0 Å². The van der Waals surface area contributed by atoms with Crippen LogP contribution in [-0.4, -0.2) is 20.5 Å². The number of aryl methyl sites for hydroxylation is 2. The molecule has 2 atom stereocenters. The first kappa shape index (κ1) is 18.0. The van der Waals surface area contributed by atoms with E-state index in [1.807, 2.05) is 6.07 Å². The molecule has 0 radical (unpaired) electrons. The molecule has 134 valence electrons. The summed E-state index contributed by atoms with van der Waals surface area (Å²) in [6.07, 6.45) is 3.99. The maximum Gasteiger partial charge on any atom is 0.240 e. The number of rotatable bonds is 5. The summed E-state index contributed by atoms with van der Waals surface area (Å²) in [7, 11) is -3.49. The minimum absolute atomic E-state index is 0.0975. The Balaban J connectivity index is 1.77. The standard InChI is InChI=1S/C20H26N2O2S/c1-15-12-13-18(16(2)14-15)21-19-10-6-7-11-20(19)22-25(23,24)17-8-4-3-5-9-17/h3-5,8-9,12-14,19-22H,6-7,10-11H2,1-2H3/t19-,20+/m1/s1. The molecule has 2 N–H and O–H groups in total. The van der Waals surface area contributed by atoms with Crippen molar-refractivity contribution in [2.45, 2.75) is 56.5 Å². The van der Waals surface area contributed by atoms with Crippen LogP contribution in [0.1, 0.15) is 36.8 Å². The van der Waals surface area contributed by atoms with E-state index >= 15 is 0 Å². The summed E-state index contributed by atoms with van der Waals surface area (Å²) in [5, 5.41) is 3.57. The minimum atomic E-state index is -3.49. The molecule has 1 saturated carbocycles. The molecule has 3 rings (SSSR count). The van der Waals surface area contributed by atoms with Gasteiger partial charge >= 0.3 is 0 Å². The average molecular weight is 359 g/mol. The van der Waals surface area contributed by atoms with E-state index < -0.39 is 10.0 Å². The smallest absolute Gasteiger partial charge is 0.240 e. The Morgan fingerprint density at radius 3 is 2.28 bits per heavy atom. The molecule has 5 heteroatoms. The van der Waals surface area contributed by atoms with Gasteiger partial charge in [-0.3, -0.25) is 0 Å². The number of nitrogens with one attached hydrogen (secondary N) is 2. The average Bonchev–Trinajstić information content (AvgIpc) is 2.59. The second-order valence-electron chi connectivity index (χ2n) is 6.89. The first-order valence-corrected chi connectivity index (χ1v) is 10.4. The van der Waals surface area contributed by atoms with Gasteiger partial charge in [0, 0.05) is 17.8 Å². The number of benzene rings is 2.